The van der Waals surface area contributed by atoms with Crippen LogP contribution in [0.25, 0.3) is 0 Å². The highest BCUT2D eigenvalue weighted by Gasteiger charge is 2.20. The van der Waals surface area contributed by atoms with E-state index < -0.39 is 0 Å². The lowest BCUT2D eigenvalue weighted by molar-refractivity contribution is 0.556. The number of halogens is 1. The summed E-state index contributed by atoms with van der Waals surface area (Å²) < 4.78 is 4.94. The topological polar surface area (TPSA) is 47.7 Å². The van der Waals surface area contributed by atoms with Gasteiger partial charge in [-0.15, -0.1) is 0 Å². The van der Waals surface area contributed by atoms with Crippen LogP contribution in [0.4, 0.5) is 0 Å². The summed E-state index contributed by atoms with van der Waals surface area (Å²) >= 11 is 3.64. The lowest BCUT2D eigenvalue weighted by Gasteiger charge is -2.16. The SMILES string of the molecule is CCc1nn(C)cc1C(Cc1c(Br)c(C)nn1C)NC. The van der Waals surface area contributed by atoms with Crippen LogP contribution in [-0.2, 0) is 26.9 Å². The first-order valence-electron chi connectivity index (χ1n) is 6.85. The average molecular weight is 340 g/mol. The van der Waals surface area contributed by atoms with E-state index in [2.05, 4.69) is 44.6 Å². The molecule has 1 N–H and O–H groups in total. The van der Waals surface area contributed by atoms with Crippen molar-refractivity contribution in [3.05, 3.63) is 33.3 Å². The number of rotatable bonds is 5. The van der Waals surface area contributed by atoms with Gasteiger partial charge in [0.15, 0.2) is 0 Å². The summed E-state index contributed by atoms with van der Waals surface area (Å²) in [6.07, 6.45) is 3.93. The molecule has 0 saturated carbocycles. The zero-order valence-corrected chi connectivity index (χ0v) is 14.3. The van der Waals surface area contributed by atoms with Crippen LogP contribution >= 0.6 is 15.9 Å². The third-order valence-electron chi connectivity index (χ3n) is 3.66. The third kappa shape index (κ3) is 2.81. The maximum Gasteiger partial charge on any atom is 0.0738 e. The van der Waals surface area contributed by atoms with Gasteiger partial charge in [0.2, 0.25) is 0 Å². The molecule has 0 fully saturated rings. The minimum atomic E-state index is 0.241. The van der Waals surface area contributed by atoms with E-state index in [1.165, 1.54) is 11.3 Å². The lowest BCUT2D eigenvalue weighted by atomic mass is 10.0. The number of hydrogen-bond donors (Lipinski definition) is 1. The van der Waals surface area contributed by atoms with E-state index in [1.54, 1.807) is 0 Å². The normalized spacial score (nSPS) is 12.9. The average Bonchev–Trinajstić information content (AvgIpc) is 2.89. The summed E-state index contributed by atoms with van der Waals surface area (Å²) in [6, 6.07) is 0.241. The Balaban J connectivity index is 2.33. The summed E-state index contributed by atoms with van der Waals surface area (Å²) in [7, 11) is 5.96. The Morgan fingerprint density at radius 2 is 2.05 bits per heavy atom. The summed E-state index contributed by atoms with van der Waals surface area (Å²) in [4.78, 5) is 0. The Hall–Kier alpha value is -1.14. The highest BCUT2D eigenvalue weighted by molar-refractivity contribution is 9.10. The maximum absolute atomic E-state index is 4.53. The summed E-state index contributed by atoms with van der Waals surface area (Å²) in [6.45, 7) is 4.16. The van der Waals surface area contributed by atoms with E-state index in [0.29, 0.717) is 0 Å². The van der Waals surface area contributed by atoms with Gasteiger partial charge in [0.25, 0.3) is 0 Å². The molecule has 0 radical (unpaired) electrons. The van der Waals surface area contributed by atoms with Gasteiger partial charge < -0.3 is 5.32 Å². The second-order valence-corrected chi connectivity index (χ2v) is 5.87. The zero-order chi connectivity index (χ0) is 14.9. The highest BCUT2D eigenvalue weighted by Crippen LogP contribution is 2.27. The van der Waals surface area contributed by atoms with Crippen LogP contribution in [-0.4, -0.2) is 26.6 Å². The molecule has 2 aromatic rings. The molecule has 6 heteroatoms. The van der Waals surface area contributed by atoms with Crippen molar-refractivity contribution in [1.82, 2.24) is 24.9 Å². The van der Waals surface area contributed by atoms with Gasteiger partial charge in [0, 0.05) is 38.3 Å². The Morgan fingerprint density at radius 1 is 1.35 bits per heavy atom. The fourth-order valence-corrected chi connectivity index (χ4v) is 3.08. The molecule has 1 atom stereocenters. The molecule has 0 bridgehead atoms. The molecule has 1 unspecified atom stereocenters. The molecule has 0 spiro atoms. The number of nitrogens with one attached hydrogen (secondary N) is 1. The first-order chi connectivity index (χ1) is 9.47. The molecule has 0 aliphatic heterocycles. The van der Waals surface area contributed by atoms with Crippen molar-refractivity contribution in [2.45, 2.75) is 32.7 Å². The smallest absolute Gasteiger partial charge is 0.0738 e. The van der Waals surface area contributed by atoms with Crippen molar-refractivity contribution in [2.24, 2.45) is 14.1 Å². The summed E-state index contributed by atoms with van der Waals surface area (Å²) in [5.74, 6) is 0. The molecule has 2 rings (SSSR count). The van der Waals surface area contributed by atoms with Gasteiger partial charge in [0.1, 0.15) is 0 Å². The van der Waals surface area contributed by atoms with E-state index in [4.69, 9.17) is 0 Å². The molecule has 110 valence electrons. The molecule has 0 saturated heterocycles. The van der Waals surface area contributed by atoms with E-state index in [-0.39, 0.29) is 6.04 Å². The summed E-state index contributed by atoms with van der Waals surface area (Å²) in [5, 5.41) is 12.4. The van der Waals surface area contributed by atoms with E-state index in [9.17, 15) is 0 Å². The predicted molar refractivity (Wildman–Crippen MR) is 83.7 cm³/mol. The monoisotopic (exact) mass is 339 g/mol. The minimum absolute atomic E-state index is 0.241. The third-order valence-corrected chi connectivity index (χ3v) is 4.69. The first kappa shape index (κ1) is 15.3. The Morgan fingerprint density at radius 3 is 2.55 bits per heavy atom. The lowest BCUT2D eigenvalue weighted by Crippen LogP contribution is -2.21. The molecule has 5 nitrogen and oxygen atoms in total. The highest BCUT2D eigenvalue weighted by atomic mass is 79.9. The van der Waals surface area contributed by atoms with Gasteiger partial charge in [-0.2, -0.15) is 10.2 Å². The van der Waals surface area contributed by atoms with Crippen LogP contribution in [0.15, 0.2) is 10.7 Å². The molecule has 2 aromatic heterocycles. The molecule has 0 amide bonds. The quantitative estimate of drug-likeness (QED) is 0.909. The molecule has 0 aromatic carbocycles. The fraction of sp³-hybridized carbons (Fsp3) is 0.571. The molecular formula is C14H22BrN5. The van der Waals surface area contributed by atoms with Crippen molar-refractivity contribution in [3.63, 3.8) is 0 Å². The van der Waals surface area contributed by atoms with Crippen LogP contribution < -0.4 is 5.32 Å². The number of nitrogens with zero attached hydrogens (tertiary/aromatic N) is 4. The van der Waals surface area contributed by atoms with Crippen LogP contribution in [0.1, 0.15) is 35.6 Å². The standard InChI is InChI=1S/C14H22BrN5/c1-6-11-10(8-19(4)18-11)12(16-3)7-13-14(15)9(2)17-20(13)5/h8,12,16H,6-7H2,1-5H3. The van der Waals surface area contributed by atoms with Gasteiger partial charge in [-0.1, -0.05) is 6.92 Å². The predicted octanol–water partition coefficient (Wildman–Crippen LogP) is 2.29. The van der Waals surface area contributed by atoms with Crippen molar-refractivity contribution in [1.29, 1.82) is 0 Å². The van der Waals surface area contributed by atoms with Gasteiger partial charge in [-0.3, -0.25) is 9.36 Å². The van der Waals surface area contributed by atoms with Gasteiger partial charge in [0.05, 0.1) is 21.6 Å². The van der Waals surface area contributed by atoms with Gasteiger partial charge >= 0.3 is 0 Å². The number of aromatic nitrogens is 4. The number of likely N-dealkylation sites (N-methyl/N-ethyl adjacent to an activating group) is 1. The molecule has 0 aliphatic carbocycles. The fourth-order valence-electron chi connectivity index (χ4n) is 2.58. The minimum Gasteiger partial charge on any atom is -0.313 e. The van der Waals surface area contributed by atoms with Crippen LogP contribution in [0, 0.1) is 6.92 Å². The van der Waals surface area contributed by atoms with Gasteiger partial charge in [-0.05, 0) is 36.3 Å². The van der Waals surface area contributed by atoms with E-state index in [1.807, 2.05) is 37.4 Å². The van der Waals surface area contributed by atoms with Crippen LogP contribution in [0.2, 0.25) is 0 Å². The van der Waals surface area contributed by atoms with Crippen molar-refractivity contribution >= 4 is 15.9 Å². The van der Waals surface area contributed by atoms with Crippen molar-refractivity contribution in [3.8, 4) is 0 Å². The van der Waals surface area contributed by atoms with E-state index in [0.717, 1.165) is 28.7 Å². The largest absolute Gasteiger partial charge is 0.313 e. The molecule has 0 aliphatic rings. The van der Waals surface area contributed by atoms with Crippen LogP contribution in [0.5, 0.6) is 0 Å². The summed E-state index contributed by atoms with van der Waals surface area (Å²) in [5.41, 5.74) is 4.65. The molecule has 20 heavy (non-hydrogen) atoms. The Bertz CT molecular complexity index is 599. The number of hydrogen-bond acceptors (Lipinski definition) is 3. The first-order valence-corrected chi connectivity index (χ1v) is 7.64. The number of aryl methyl sites for hydroxylation is 4. The molecule has 2 heterocycles. The Labute approximate surface area is 128 Å². The Kier molecular flexibility index (Phi) is 4.65. The van der Waals surface area contributed by atoms with Crippen LogP contribution in [0.3, 0.4) is 0 Å². The second kappa shape index (κ2) is 6.10. The van der Waals surface area contributed by atoms with E-state index >= 15 is 0 Å². The van der Waals surface area contributed by atoms with Gasteiger partial charge in [-0.25, -0.2) is 0 Å². The van der Waals surface area contributed by atoms with Crippen molar-refractivity contribution in [2.75, 3.05) is 7.05 Å². The zero-order valence-electron chi connectivity index (χ0n) is 12.7. The maximum atomic E-state index is 4.53. The molecular weight excluding hydrogens is 318 g/mol. The second-order valence-electron chi connectivity index (χ2n) is 5.07. The van der Waals surface area contributed by atoms with Crippen molar-refractivity contribution < 1.29 is 0 Å².